The lowest BCUT2D eigenvalue weighted by atomic mass is 10.3. The van der Waals surface area contributed by atoms with Crippen LogP contribution in [0.4, 0.5) is 18.9 Å². The van der Waals surface area contributed by atoms with Crippen molar-refractivity contribution in [1.29, 1.82) is 0 Å². The molecule has 0 aliphatic heterocycles. The first-order valence-electron chi connectivity index (χ1n) is 5.10. The minimum absolute atomic E-state index is 0.121. The summed E-state index contributed by atoms with van der Waals surface area (Å²) >= 11 is -0.150. The molecule has 0 heterocycles. The number of benzene rings is 1. The van der Waals surface area contributed by atoms with E-state index in [0.29, 0.717) is 5.69 Å². The maximum atomic E-state index is 12.3. The summed E-state index contributed by atoms with van der Waals surface area (Å²) in [6, 6.07) is 6.21. The molecule has 0 saturated carbocycles. The van der Waals surface area contributed by atoms with Gasteiger partial charge in [-0.15, -0.1) is 0 Å². The molecule has 0 aliphatic rings. The molecule has 18 heavy (non-hydrogen) atoms. The summed E-state index contributed by atoms with van der Waals surface area (Å²) in [5.41, 5.74) is -3.90. The van der Waals surface area contributed by atoms with Crippen molar-refractivity contribution in [3.63, 3.8) is 0 Å². The summed E-state index contributed by atoms with van der Waals surface area (Å²) < 4.78 is 46.9. The highest BCUT2D eigenvalue weighted by Crippen LogP contribution is 2.40. The molecule has 0 saturated heterocycles. The average molecular weight is 281 g/mol. The third-order valence-corrected chi connectivity index (χ3v) is 2.91. The van der Waals surface area contributed by atoms with E-state index in [0.717, 1.165) is 0 Å². The molecule has 7 heteroatoms. The Balaban J connectivity index is 2.70. The van der Waals surface area contributed by atoms with E-state index in [4.69, 9.17) is 9.47 Å². The third kappa shape index (κ3) is 5.16. The fourth-order valence-electron chi connectivity index (χ4n) is 1.28. The van der Waals surface area contributed by atoms with Crippen LogP contribution < -0.4 is 5.32 Å². The van der Waals surface area contributed by atoms with Crippen molar-refractivity contribution in [3.8, 4) is 0 Å². The first-order chi connectivity index (χ1) is 8.46. The van der Waals surface area contributed by atoms with Crippen LogP contribution in [0.15, 0.2) is 29.2 Å². The molecule has 0 spiro atoms. The molecule has 0 unspecified atom stereocenters. The quantitative estimate of drug-likeness (QED) is 0.640. The van der Waals surface area contributed by atoms with Crippen LogP contribution in [-0.4, -0.2) is 32.6 Å². The normalized spacial score (nSPS) is 11.9. The van der Waals surface area contributed by atoms with E-state index in [9.17, 15) is 13.2 Å². The second-order valence-electron chi connectivity index (χ2n) is 3.33. The second-order valence-corrected chi connectivity index (χ2v) is 4.43. The lowest BCUT2D eigenvalue weighted by molar-refractivity contribution is -0.0914. The van der Waals surface area contributed by atoms with Gasteiger partial charge in [-0.1, -0.05) is 12.1 Å². The summed E-state index contributed by atoms with van der Waals surface area (Å²) in [4.78, 5) is 0.121. The van der Waals surface area contributed by atoms with Gasteiger partial charge in [0.05, 0.1) is 6.54 Å². The summed E-state index contributed by atoms with van der Waals surface area (Å²) in [5, 5.41) is 2.87. The zero-order valence-corrected chi connectivity index (χ0v) is 10.8. The van der Waals surface area contributed by atoms with Gasteiger partial charge in [0.2, 0.25) is 0 Å². The van der Waals surface area contributed by atoms with Crippen LogP contribution in [0.2, 0.25) is 0 Å². The predicted molar refractivity (Wildman–Crippen MR) is 64.6 cm³/mol. The number of nitrogens with one attached hydrogen (secondary N) is 1. The Bertz CT molecular complexity index is 370. The van der Waals surface area contributed by atoms with Crippen molar-refractivity contribution in [2.75, 3.05) is 26.1 Å². The first-order valence-corrected chi connectivity index (χ1v) is 5.92. The number of thioether (sulfide) groups is 1. The molecule has 0 atom stereocenters. The average Bonchev–Trinajstić information content (AvgIpc) is 2.30. The van der Waals surface area contributed by atoms with Crippen molar-refractivity contribution in [2.45, 2.75) is 16.7 Å². The molecular weight excluding hydrogens is 267 g/mol. The number of rotatable bonds is 6. The highest BCUT2D eigenvalue weighted by atomic mass is 32.2. The largest absolute Gasteiger partial charge is 0.446 e. The molecule has 0 aromatic heterocycles. The van der Waals surface area contributed by atoms with E-state index in [-0.39, 0.29) is 23.2 Å². The van der Waals surface area contributed by atoms with Gasteiger partial charge in [-0.2, -0.15) is 13.2 Å². The third-order valence-electron chi connectivity index (χ3n) is 2.10. The fourth-order valence-corrected chi connectivity index (χ4v) is 1.93. The van der Waals surface area contributed by atoms with Gasteiger partial charge in [-0.05, 0) is 23.9 Å². The Labute approximate surface area is 108 Å². The molecular formula is C11H14F3NO2S. The number of methoxy groups -OCH3 is 2. The molecule has 0 aliphatic carbocycles. The Hall–Kier alpha value is -0.920. The summed E-state index contributed by atoms with van der Waals surface area (Å²) in [7, 11) is 2.93. The van der Waals surface area contributed by atoms with E-state index < -0.39 is 11.8 Å². The Morgan fingerprint density at radius 3 is 2.39 bits per heavy atom. The molecule has 1 rings (SSSR count). The number of para-hydroxylation sites is 1. The minimum Gasteiger partial charge on any atom is -0.379 e. The molecule has 1 aromatic carbocycles. The lowest BCUT2D eigenvalue weighted by Gasteiger charge is -2.17. The van der Waals surface area contributed by atoms with Gasteiger partial charge in [0.15, 0.2) is 6.29 Å². The van der Waals surface area contributed by atoms with Gasteiger partial charge in [-0.3, -0.25) is 0 Å². The van der Waals surface area contributed by atoms with E-state index in [1.807, 2.05) is 0 Å². The van der Waals surface area contributed by atoms with Crippen LogP contribution in [0.25, 0.3) is 0 Å². The molecule has 3 nitrogen and oxygen atoms in total. The zero-order valence-electron chi connectivity index (χ0n) is 9.95. The number of halogens is 3. The molecule has 0 bridgehead atoms. The predicted octanol–water partition coefficient (Wildman–Crippen LogP) is 3.33. The highest BCUT2D eigenvalue weighted by molar-refractivity contribution is 8.00. The van der Waals surface area contributed by atoms with E-state index in [2.05, 4.69) is 5.32 Å². The highest BCUT2D eigenvalue weighted by Gasteiger charge is 2.30. The molecule has 1 N–H and O–H groups in total. The fraction of sp³-hybridized carbons (Fsp3) is 0.455. The molecule has 0 fully saturated rings. The molecule has 0 radical (unpaired) electrons. The van der Waals surface area contributed by atoms with Crippen molar-refractivity contribution in [1.82, 2.24) is 0 Å². The Kier molecular flexibility index (Phi) is 5.77. The van der Waals surface area contributed by atoms with Gasteiger partial charge < -0.3 is 14.8 Å². The Morgan fingerprint density at radius 1 is 1.22 bits per heavy atom. The summed E-state index contributed by atoms with van der Waals surface area (Å²) in [5.74, 6) is 0. The van der Waals surface area contributed by atoms with Gasteiger partial charge >= 0.3 is 5.51 Å². The van der Waals surface area contributed by atoms with Crippen molar-refractivity contribution >= 4 is 17.4 Å². The second kappa shape index (κ2) is 6.86. The molecule has 0 amide bonds. The standard InChI is InChI=1S/C11H14F3NO2S/c1-16-10(17-2)7-15-8-5-3-4-6-9(8)18-11(12,13)14/h3-6,10,15H,7H2,1-2H3. The van der Waals surface area contributed by atoms with Crippen LogP contribution >= 0.6 is 11.8 Å². The van der Waals surface area contributed by atoms with Gasteiger partial charge in [0, 0.05) is 24.8 Å². The lowest BCUT2D eigenvalue weighted by Crippen LogP contribution is -2.23. The van der Waals surface area contributed by atoms with E-state index >= 15 is 0 Å². The first kappa shape index (κ1) is 15.1. The monoisotopic (exact) mass is 281 g/mol. The maximum Gasteiger partial charge on any atom is 0.446 e. The molecule has 1 aromatic rings. The van der Waals surface area contributed by atoms with Crippen LogP contribution in [0.1, 0.15) is 0 Å². The van der Waals surface area contributed by atoms with Gasteiger partial charge in [-0.25, -0.2) is 0 Å². The smallest absolute Gasteiger partial charge is 0.379 e. The summed E-state index contributed by atoms with van der Waals surface area (Å²) in [6.45, 7) is 0.266. The number of ether oxygens (including phenoxy) is 2. The van der Waals surface area contributed by atoms with Crippen LogP contribution in [-0.2, 0) is 9.47 Å². The molecule has 102 valence electrons. The van der Waals surface area contributed by atoms with E-state index in [1.54, 1.807) is 18.2 Å². The van der Waals surface area contributed by atoms with Gasteiger partial charge in [0.25, 0.3) is 0 Å². The van der Waals surface area contributed by atoms with E-state index in [1.165, 1.54) is 20.3 Å². The van der Waals surface area contributed by atoms with Gasteiger partial charge in [0.1, 0.15) is 0 Å². The maximum absolute atomic E-state index is 12.3. The SMILES string of the molecule is COC(CNc1ccccc1SC(F)(F)F)OC. The van der Waals surface area contributed by atoms with Crippen molar-refractivity contribution in [2.24, 2.45) is 0 Å². The number of hydrogen-bond acceptors (Lipinski definition) is 4. The minimum atomic E-state index is -4.31. The number of alkyl halides is 3. The van der Waals surface area contributed by atoms with Crippen molar-refractivity contribution < 1.29 is 22.6 Å². The topological polar surface area (TPSA) is 30.5 Å². The zero-order chi connectivity index (χ0) is 13.6. The number of anilines is 1. The number of hydrogen-bond donors (Lipinski definition) is 1. The Morgan fingerprint density at radius 2 is 1.83 bits per heavy atom. The summed E-state index contributed by atoms with van der Waals surface area (Å²) in [6.07, 6.45) is -0.506. The van der Waals surface area contributed by atoms with Crippen molar-refractivity contribution in [3.05, 3.63) is 24.3 Å². The van der Waals surface area contributed by atoms with Crippen LogP contribution in [0, 0.1) is 0 Å². The van der Waals surface area contributed by atoms with Crippen LogP contribution in [0.3, 0.4) is 0 Å². The van der Waals surface area contributed by atoms with Crippen LogP contribution in [0.5, 0.6) is 0 Å².